The molecule has 144 valence electrons. The molecule has 5 nitrogen and oxygen atoms in total. The number of aryl methyl sites for hydroxylation is 1. The maximum absolute atomic E-state index is 5.58. The van der Waals surface area contributed by atoms with E-state index in [1.807, 2.05) is 24.3 Å². The monoisotopic (exact) mass is 386 g/mol. The van der Waals surface area contributed by atoms with Crippen LogP contribution in [0.1, 0.15) is 17.2 Å². The standard InChI is InChI=1S/C21H27N3O2S/c1-16-3-5-17(6-4-16)20(15-24-11-13-26-14-12-24)23-21(27)22-18-7-9-19(25-2)10-8-18/h3-10,20H,11-15H2,1-2H3,(H2,22,23,27)/p+1/t20-/m0/s1. The molecule has 2 aromatic rings. The average molecular weight is 387 g/mol. The zero-order chi connectivity index (χ0) is 19.1. The molecule has 0 unspecified atom stereocenters. The third-order valence-corrected chi connectivity index (χ3v) is 5.05. The molecule has 6 heteroatoms. The second kappa shape index (κ2) is 9.69. The zero-order valence-corrected chi connectivity index (χ0v) is 16.8. The quantitative estimate of drug-likeness (QED) is 0.663. The van der Waals surface area contributed by atoms with E-state index in [1.54, 1.807) is 7.11 Å². The van der Waals surface area contributed by atoms with Gasteiger partial charge in [0, 0.05) is 5.69 Å². The van der Waals surface area contributed by atoms with Crippen LogP contribution in [-0.2, 0) is 4.74 Å². The highest BCUT2D eigenvalue weighted by Gasteiger charge is 2.22. The van der Waals surface area contributed by atoms with Gasteiger partial charge in [0.1, 0.15) is 31.4 Å². The van der Waals surface area contributed by atoms with Gasteiger partial charge < -0.3 is 25.0 Å². The van der Waals surface area contributed by atoms with E-state index in [4.69, 9.17) is 21.7 Å². The summed E-state index contributed by atoms with van der Waals surface area (Å²) in [6, 6.07) is 16.6. The van der Waals surface area contributed by atoms with Crippen LogP contribution in [0, 0.1) is 6.92 Å². The Morgan fingerprint density at radius 3 is 2.41 bits per heavy atom. The molecule has 0 radical (unpaired) electrons. The molecule has 0 aliphatic carbocycles. The molecule has 1 fully saturated rings. The van der Waals surface area contributed by atoms with E-state index in [0.29, 0.717) is 5.11 Å². The van der Waals surface area contributed by atoms with Crippen LogP contribution in [0.4, 0.5) is 5.69 Å². The van der Waals surface area contributed by atoms with Crippen molar-refractivity contribution in [1.82, 2.24) is 5.32 Å². The number of hydrogen-bond donors (Lipinski definition) is 3. The summed E-state index contributed by atoms with van der Waals surface area (Å²) in [5, 5.41) is 7.40. The van der Waals surface area contributed by atoms with E-state index in [0.717, 1.165) is 44.3 Å². The molecule has 3 rings (SSSR count). The molecule has 0 aromatic heterocycles. The predicted molar refractivity (Wildman–Crippen MR) is 113 cm³/mol. The van der Waals surface area contributed by atoms with Crippen molar-refractivity contribution in [2.45, 2.75) is 13.0 Å². The zero-order valence-electron chi connectivity index (χ0n) is 16.0. The van der Waals surface area contributed by atoms with E-state index in [2.05, 4.69) is 41.8 Å². The number of morpholine rings is 1. The van der Waals surface area contributed by atoms with Gasteiger partial charge in [-0.3, -0.25) is 0 Å². The van der Waals surface area contributed by atoms with Gasteiger partial charge in [-0.2, -0.15) is 0 Å². The maximum atomic E-state index is 5.58. The van der Waals surface area contributed by atoms with Crippen molar-refractivity contribution >= 4 is 23.0 Å². The summed E-state index contributed by atoms with van der Waals surface area (Å²) in [7, 11) is 1.66. The third kappa shape index (κ3) is 5.92. The Kier molecular flexibility index (Phi) is 7.04. The van der Waals surface area contributed by atoms with Crippen molar-refractivity contribution in [2.24, 2.45) is 0 Å². The van der Waals surface area contributed by atoms with Crippen molar-refractivity contribution in [3.63, 3.8) is 0 Å². The van der Waals surface area contributed by atoms with Gasteiger partial charge in [-0.1, -0.05) is 29.8 Å². The van der Waals surface area contributed by atoms with Crippen LogP contribution < -0.4 is 20.3 Å². The molecule has 0 saturated carbocycles. The number of quaternary nitrogens is 1. The van der Waals surface area contributed by atoms with E-state index < -0.39 is 0 Å². The topological polar surface area (TPSA) is 47.0 Å². The minimum Gasteiger partial charge on any atom is -0.497 e. The van der Waals surface area contributed by atoms with E-state index in [1.165, 1.54) is 16.0 Å². The molecule has 2 aromatic carbocycles. The first-order valence-electron chi connectivity index (χ1n) is 9.33. The molecular formula is C21H28N3O2S+. The summed E-state index contributed by atoms with van der Waals surface area (Å²) in [6.45, 7) is 6.78. The number of rotatable bonds is 6. The van der Waals surface area contributed by atoms with Crippen LogP contribution >= 0.6 is 12.2 Å². The second-order valence-electron chi connectivity index (χ2n) is 6.86. The first-order chi connectivity index (χ1) is 13.1. The number of methoxy groups -OCH3 is 1. The van der Waals surface area contributed by atoms with Crippen molar-refractivity contribution in [2.75, 3.05) is 45.3 Å². The highest BCUT2D eigenvalue weighted by atomic mass is 32.1. The van der Waals surface area contributed by atoms with Crippen molar-refractivity contribution in [3.8, 4) is 5.75 Å². The van der Waals surface area contributed by atoms with Gasteiger partial charge in [-0.15, -0.1) is 0 Å². The summed E-state index contributed by atoms with van der Waals surface area (Å²) in [5.41, 5.74) is 3.45. The van der Waals surface area contributed by atoms with E-state index >= 15 is 0 Å². The summed E-state index contributed by atoms with van der Waals surface area (Å²) in [5.74, 6) is 0.827. The van der Waals surface area contributed by atoms with Crippen LogP contribution in [0.15, 0.2) is 48.5 Å². The highest BCUT2D eigenvalue weighted by Crippen LogP contribution is 2.16. The van der Waals surface area contributed by atoms with Crippen molar-refractivity contribution in [1.29, 1.82) is 0 Å². The summed E-state index contributed by atoms with van der Waals surface area (Å²) >= 11 is 5.58. The van der Waals surface area contributed by atoms with Crippen LogP contribution in [0.5, 0.6) is 5.75 Å². The number of nitrogens with one attached hydrogen (secondary N) is 3. The Morgan fingerprint density at radius 1 is 1.11 bits per heavy atom. The minimum absolute atomic E-state index is 0.150. The Morgan fingerprint density at radius 2 is 1.78 bits per heavy atom. The Bertz CT molecular complexity index is 728. The van der Waals surface area contributed by atoms with Crippen molar-refractivity contribution < 1.29 is 14.4 Å². The van der Waals surface area contributed by atoms with Crippen LogP contribution in [-0.4, -0.2) is 45.1 Å². The molecule has 0 spiro atoms. The molecule has 1 atom stereocenters. The largest absolute Gasteiger partial charge is 0.497 e. The van der Waals surface area contributed by atoms with Gasteiger partial charge in [-0.25, -0.2) is 0 Å². The Hall–Kier alpha value is -2.15. The fourth-order valence-electron chi connectivity index (χ4n) is 3.20. The number of ether oxygens (including phenoxy) is 2. The van der Waals surface area contributed by atoms with E-state index in [-0.39, 0.29) is 6.04 Å². The van der Waals surface area contributed by atoms with Gasteiger partial charge in [0.15, 0.2) is 5.11 Å². The molecule has 1 heterocycles. The molecule has 1 aliphatic rings. The van der Waals surface area contributed by atoms with Gasteiger partial charge in [-0.05, 0) is 49.0 Å². The van der Waals surface area contributed by atoms with E-state index in [9.17, 15) is 0 Å². The smallest absolute Gasteiger partial charge is 0.171 e. The molecule has 0 amide bonds. The molecular weight excluding hydrogens is 358 g/mol. The summed E-state index contributed by atoms with van der Waals surface area (Å²) in [6.07, 6.45) is 0. The van der Waals surface area contributed by atoms with Gasteiger partial charge in [0.25, 0.3) is 0 Å². The lowest BCUT2D eigenvalue weighted by Crippen LogP contribution is -3.14. The fraction of sp³-hybridized carbons (Fsp3) is 0.381. The lowest BCUT2D eigenvalue weighted by Gasteiger charge is -2.29. The number of hydrogen-bond acceptors (Lipinski definition) is 3. The van der Waals surface area contributed by atoms with Gasteiger partial charge in [0.05, 0.1) is 20.3 Å². The first-order valence-corrected chi connectivity index (χ1v) is 9.74. The lowest BCUT2D eigenvalue weighted by atomic mass is 10.0. The fourth-order valence-corrected chi connectivity index (χ4v) is 3.46. The maximum Gasteiger partial charge on any atom is 0.171 e. The van der Waals surface area contributed by atoms with Gasteiger partial charge >= 0.3 is 0 Å². The lowest BCUT2D eigenvalue weighted by molar-refractivity contribution is -0.909. The number of thiocarbonyl (C=S) groups is 1. The SMILES string of the molecule is COc1ccc(NC(=S)N[C@@H](C[NH+]2CCOCC2)c2ccc(C)cc2)cc1. The van der Waals surface area contributed by atoms with Crippen LogP contribution in [0.3, 0.4) is 0 Å². The molecule has 1 aliphatic heterocycles. The predicted octanol–water partition coefficient (Wildman–Crippen LogP) is 1.95. The van der Waals surface area contributed by atoms with Crippen molar-refractivity contribution in [3.05, 3.63) is 59.7 Å². The Balaban J connectivity index is 1.67. The summed E-state index contributed by atoms with van der Waals surface area (Å²) in [4.78, 5) is 1.53. The third-order valence-electron chi connectivity index (χ3n) is 4.83. The average Bonchev–Trinajstić information content (AvgIpc) is 2.69. The molecule has 1 saturated heterocycles. The van der Waals surface area contributed by atoms with Crippen LogP contribution in [0.25, 0.3) is 0 Å². The second-order valence-corrected chi connectivity index (χ2v) is 7.26. The number of benzene rings is 2. The van der Waals surface area contributed by atoms with Gasteiger partial charge in [0.2, 0.25) is 0 Å². The molecule has 0 bridgehead atoms. The van der Waals surface area contributed by atoms with Crippen LogP contribution in [0.2, 0.25) is 0 Å². The first kappa shape index (κ1) is 19.6. The Labute approximate surface area is 166 Å². The summed E-state index contributed by atoms with van der Waals surface area (Å²) < 4.78 is 10.7. The molecule has 3 N–H and O–H groups in total. The minimum atomic E-state index is 0.150. The highest BCUT2D eigenvalue weighted by molar-refractivity contribution is 7.80. The molecule has 27 heavy (non-hydrogen) atoms. The number of anilines is 1. The normalized spacial score (nSPS) is 15.8.